The lowest BCUT2D eigenvalue weighted by Gasteiger charge is -2.26. The first kappa shape index (κ1) is 27.3. The van der Waals surface area contributed by atoms with Gasteiger partial charge in [-0.1, -0.05) is 49.7 Å². The fourth-order valence-electron chi connectivity index (χ4n) is 4.64. The van der Waals surface area contributed by atoms with E-state index in [1.165, 1.54) is 4.57 Å². The number of aliphatic carboxylic acids is 1. The van der Waals surface area contributed by atoms with Gasteiger partial charge in [0.15, 0.2) is 11.5 Å². The second-order valence-electron chi connectivity index (χ2n) is 9.94. The second kappa shape index (κ2) is 11.7. The lowest BCUT2D eigenvalue weighted by Crippen LogP contribution is -2.41. The average Bonchev–Trinajstić information content (AvgIpc) is 3.33. The number of nitrogens with one attached hydrogen (secondary N) is 1. The molecule has 2 aromatic carbocycles. The van der Waals surface area contributed by atoms with E-state index in [0.29, 0.717) is 40.5 Å². The number of carbonyl (C=O) groups is 2. The fraction of sp³-hybridized carbons (Fsp3) is 0.345. The van der Waals surface area contributed by atoms with Gasteiger partial charge in [0.25, 0.3) is 5.56 Å². The van der Waals surface area contributed by atoms with Gasteiger partial charge in [-0.2, -0.15) is 0 Å². The molecule has 0 unspecified atom stereocenters. The van der Waals surface area contributed by atoms with Crippen molar-refractivity contribution in [3.05, 3.63) is 92.4 Å². The van der Waals surface area contributed by atoms with Crippen LogP contribution in [0.4, 0.5) is 0 Å². The molecule has 200 valence electrons. The summed E-state index contributed by atoms with van der Waals surface area (Å²) >= 11 is 6.34. The highest BCUT2D eigenvalue weighted by atomic mass is 35.5. The maximum atomic E-state index is 13.7. The van der Waals surface area contributed by atoms with E-state index in [1.807, 2.05) is 45.0 Å². The molecule has 2 heterocycles. The molecule has 0 saturated carbocycles. The smallest absolute Gasteiger partial charge is 0.305 e. The molecule has 2 atom stereocenters. The van der Waals surface area contributed by atoms with Gasteiger partial charge in [-0.05, 0) is 60.2 Å². The monoisotopic (exact) mass is 538 g/mol. The number of ether oxygens (including phenoxy) is 2. The van der Waals surface area contributed by atoms with Crippen LogP contribution < -0.4 is 20.3 Å². The molecule has 3 aromatic rings. The van der Waals surface area contributed by atoms with E-state index >= 15 is 0 Å². The quantitative estimate of drug-likeness (QED) is 0.374. The number of amides is 1. The Bertz CT molecular complexity index is 1400. The summed E-state index contributed by atoms with van der Waals surface area (Å²) in [5.74, 6) is -0.357. The third-order valence-electron chi connectivity index (χ3n) is 6.42. The molecule has 2 N–H and O–H groups in total. The number of halogens is 1. The third kappa shape index (κ3) is 6.37. The van der Waals surface area contributed by atoms with Crippen LogP contribution in [0.25, 0.3) is 0 Å². The molecule has 0 fully saturated rings. The van der Waals surface area contributed by atoms with Gasteiger partial charge in [-0.3, -0.25) is 14.4 Å². The minimum Gasteiger partial charge on any atom is -0.481 e. The van der Waals surface area contributed by atoms with Gasteiger partial charge < -0.3 is 24.5 Å². The fourth-order valence-corrected chi connectivity index (χ4v) is 4.84. The molecule has 0 radical (unpaired) electrons. The molecule has 8 nitrogen and oxygen atoms in total. The molecular formula is C29H31ClN2O6. The van der Waals surface area contributed by atoms with E-state index in [1.54, 1.807) is 30.5 Å². The minimum absolute atomic E-state index is 0.0814. The number of aromatic nitrogens is 1. The number of aryl methyl sites for hydroxylation is 1. The van der Waals surface area contributed by atoms with Crippen molar-refractivity contribution in [1.82, 2.24) is 9.88 Å². The number of carbonyl (C=O) groups excluding carboxylic acids is 1. The SMILES string of the molecule is Cc1cc(Cc2ccccc2Cl)c(=O)n([C@@H](CC(C)C)C(=O)N[C@@H](CC(=O)O)c2ccc3c(c2)OCO3)c1. The summed E-state index contributed by atoms with van der Waals surface area (Å²) in [6, 6.07) is 12.6. The standard InChI is InChI=1S/C29H31ClN2O6/c1-17(2)10-24(32-15-18(3)11-21(29(32)36)12-19-6-4-5-7-22(19)30)28(35)31-23(14-27(33)34)20-8-9-25-26(13-20)38-16-37-25/h4-9,11,13,15,17,23-24H,10,12,14,16H2,1-3H3,(H,31,35)(H,33,34)/t23-,24-/m0/s1. The van der Waals surface area contributed by atoms with E-state index in [9.17, 15) is 19.5 Å². The van der Waals surface area contributed by atoms with Gasteiger partial charge in [0.2, 0.25) is 12.7 Å². The van der Waals surface area contributed by atoms with Crippen molar-refractivity contribution in [2.45, 2.75) is 52.1 Å². The number of pyridine rings is 1. The van der Waals surface area contributed by atoms with E-state index in [2.05, 4.69) is 5.32 Å². The summed E-state index contributed by atoms with van der Waals surface area (Å²) in [5.41, 5.74) is 2.46. The Kier molecular flexibility index (Phi) is 8.42. The Labute approximate surface area is 226 Å². The van der Waals surface area contributed by atoms with Crippen molar-refractivity contribution in [1.29, 1.82) is 0 Å². The van der Waals surface area contributed by atoms with Crippen molar-refractivity contribution in [2.75, 3.05) is 6.79 Å². The number of hydrogen-bond acceptors (Lipinski definition) is 5. The molecule has 0 aliphatic carbocycles. The number of carboxylic acid groups (broad SMARTS) is 1. The van der Waals surface area contributed by atoms with E-state index in [-0.39, 0.29) is 24.7 Å². The highest BCUT2D eigenvalue weighted by Gasteiger charge is 2.28. The summed E-state index contributed by atoms with van der Waals surface area (Å²) in [4.78, 5) is 39.1. The molecule has 4 rings (SSSR count). The Morgan fingerprint density at radius 2 is 1.82 bits per heavy atom. The number of hydrogen-bond donors (Lipinski definition) is 2. The van der Waals surface area contributed by atoms with Crippen LogP contribution in [0.2, 0.25) is 5.02 Å². The molecule has 1 amide bonds. The number of rotatable bonds is 10. The number of benzene rings is 2. The largest absolute Gasteiger partial charge is 0.481 e. The molecule has 1 aliphatic rings. The van der Waals surface area contributed by atoms with Crippen LogP contribution in [-0.2, 0) is 16.0 Å². The maximum absolute atomic E-state index is 13.7. The van der Waals surface area contributed by atoms with Crippen molar-refractivity contribution in [2.24, 2.45) is 5.92 Å². The molecule has 1 aromatic heterocycles. The molecule has 9 heteroatoms. The predicted molar refractivity (Wildman–Crippen MR) is 144 cm³/mol. The lowest BCUT2D eigenvalue weighted by atomic mass is 9.98. The van der Waals surface area contributed by atoms with Crippen LogP contribution in [0, 0.1) is 12.8 Å². The van der Waals surface area contributed by atoms with Crippen LogP contribution in [0.15, 0.2) is 59.5 Å². The highest BCUT2D eigenvalue weighted by Crippen LogP contribution is 2.35. The summed E-state index contributed by atoms with van der Waals surface area (Å²) in [7, 11) is 0. The minimum atomic E-state index is -1.07. The second-order valence-corrected chi connectivity index (χ2v) is 10.3. The molecule has 0 spiro atoms. The van der Waals surface area contributed by atoms with Gasteiger partial charge in [-0.25, -0.2) is 0 Å². The van der Waals surface area contributed by atoms with Crippen LogP contribution >= 0.6 is 11.6 Å². The maximum Gasteiger partial charge on any atom is 0.305 e. The molecule has 0 bridgehead atoms. The number of nitrogens with zero attached hydrogens (tertiary/aromatic N) is 1. The summed E-state index contributed by atoms with van der Waals surface area (Å²) in [6.45, 7) is 5.89. The first-order valence-electron chi connectivity index (χ1n) is 12.5. The van der Waals surface area contributed by atoms with Gasteiger partial charge in [0, 0.05) is 23.2 Å². The molecule has 38 heavy (non-hydrogen) atoms. The topological polar surface area (TPSA) is 107 Å². The van der Waals surface area contributed by atoms with Crippen molar-refractivity contribution in [3.8, 4) is 11.5 Å². The molecular weight excluding hydrogens is 508 g/mol. The zero-order valence-corrected chi connectivity index (χ0v) is 22.3. The normalized spacial score (nSPS) is 13.8. The third-order valence-corrected chi connectivity index (χ3v) is 6.79. The van der Waals surface area contributed by atoms with E-state index in [4.69, 9.17) is 21.1 Å². The first-order valence-corrected chi connectivity index (χ1v) is 12.9. The summed E-state index contributed by atoms with van der Waals surface area (Å²) < 4.78 is 12.2. The van der Waals surface area contributed by atoms with Gasteiger partial charge in [0.1, 0.15) is 6.04 Å². The number of fused-ring (bicyclic) bond motifs is 1. The van der Waals surface area contributed by atoms with Crippen molar-refractivity contribution in [3.63, 3.8) is 0 Å². The van der Waals surface area contributed by atoms with E-state index in [0.717, 1.165) is 11.1 Å². The van der Waals surface area contributed by atoms with Crippen LogP contribution in [0.1, 0.15) is 61.0 Å². The summed E-state index contributed by atoms with van der Waals surface area (Å²) in [5, 5.41) is 13.0. The number of carboxylic acids is 1. The van der Waals surface area contributed by atoms with Gasteiger partial charge >= 0.3 is 5.97 Å². The Balaban J connectivity index is 1.68. The molecule has 0 saturated heterocycles. The highest BCUT2D eigenvalue weighted by molar-refractivity contribution is 6.31. The van der Waals surface area contributed by atoms with Gasteiger partial charge in [0.05, 0.1) is 12.5 Å². The molecule has 1 aliphatic heterocycles. The van der Waals surface area contributed by atoms with Gasteiger partial charge in [-0.15, -0.1) is 0 Å². The predicted octanol–water partition coefficient (Wildman–Crippen LogP) is 5.05. The van der Waals surface area contributed by atoms with Crippen LogP contribution in [0.3, 0.4) is 0 Å². The average molecular weight is 539 g/mol. The van der Waals surface area contributed by atoms with Crippen molar-refractivity contribution < 1.29 is 24.2 Å². The Morgan fingerprint density at radius 3 is 2.53 bits per heavy atom. The van der Waals surface area contributed by atoms with Crippen LogP contribution in [-0.4, -0.2) is 28.3 Å². The zero-order chi connectivity index (χ0) is 27.4. The Hall–Kier alpha value is -3.78. The van der Waals surface area contributed by atoms with E-state index < -0.39 is 24.0 Å². The Morgan fingerprint density at radius 1 is 1.08 bits per heavy atom. The summed E-state index contributed by atoms with van der Waals surface area (Å²) in [6.07, 6.45) is 2.06. The van der Waals surface area contributed by atoms with Crippen molar-refractivity contribution >= 4 is 23.5 Å². The first-order chi connectivity index (χ1) is 18.1. The zero-order valence-electron chi connectivity index (χ0n) is 21.6. The lowest BCUT2D eigenvalue weighted by molar-refractivity contribution is -0.138. The van der Waals surface area contributed by atoms with Crippen LogP contribution in [0.5, 0.6) is 11.5 Å².